The summed E-state index contributed by atoms with van der Waals surface area (Å²) in [5.74, 6) is 0. The third-order valence-corrected chi connectivity index (χ3v) is 24.9. The predicted molar refractivity (Wildman–Crippen MR) is 281 cm³/mol. The van der Waals surface area contributed by atoms with Gasteiger partial charge in [0.25, 0.3) is 0 Å². The van der Waals surface area contributed by atoms with Gasteiger partial charge < -0.3 is 14.9 Å². The van der Waals surface area contributed by atoms with Crippen LogP contribution in [0.4, 0.5) is 0 Å². The molecule has 0 unspecified atom stereocenters. The average molecular weight is 1030 g/mol. The van der Waals surface area contributed by atoms with Crippen LogP contribution >= 0.6 is 0 Å². The number of hydrogen-bond donors (Lipinski definition) is 0. The normalized spacial score (nSPS) is 12.6. The Morgan fingerprint density at radius 1 is 0.407 bits per heavy atom. The number of aryl methyl sites for hydroxylation is 1. The molecule has 306 valence electrons. The maximum Gasteiger partial charge on any atom is 4.00 e. The molecule has 7 aromatic carbocycles. The summed E-state index contributed by atoms with van der Waals surface area (Å²) < 4.78 is 0. The number of fused-ring (bicyclic) bond motifs is 2. The molecule has 7 rings (SSSR count). The largest absolute Gasteiger partial charge is 4.00 e. The van der Waals surface area contributed by atoms with E-state index in [9.17, 15) is 0 Å². The van der Waals surface area contributed by atoms with Crippen molar-refractivity contribution in [2.75, 3.05) is 0 Å². The molecule has 59 heavy (non-hydrogen) atoms. The molecule has 0 radical (unpaired) electrons. The van der Waals surface area contributed by atoms with E-state index in [1.165, 1.54) is 55.4 Å². The molecule has 0 aliphatic carbocycles. The first-order valence-corrected chi connectivity index (χ1v) is 37.6. The Kier molecular flexibility index (Phi) is 14.9. The van der Waals surface area contributed by atoms with E-state index in [4.69, 9.17) is 0 Å². The van der Waals surface area contributed by atoms with E-state index < -0.39 is 40.4 Å². The van der Waals surface area contributed by atoms with E-state index in [0.717, 1.165) is 6.42 Å². The molecule has 0 spiro atoms. The van der Waals surface area contributed by atoms with E-state index in [-0.39, 0.29) is 40.7 Å². The molecule has 0 aliphatic rings. The van der Waals surface area contributed by atoms with Crippen molar-refractivity contribution in [2.45, 2.75) is 97.6 Å². The van der Waals surface area contributed by atoms with E-state index in [1.54, 1.807) is 31.1 Å². The fourth-order valence-corrected chi connectivity index (χ4v) is 17.0. The van der Waals surface area contributed by atoms with Crippen molar-refractivity contribution in [3.63, 3.8) is 0 Å². The summed E-state index contributed by atoms with van der Waals surface area (Å²) >= 11 is 0. The van der Waals surface area contributed by atoms with Gasteiger partial charge in [-0.2, -0.15) is 12.1 Å². The van der Waals surface area contributed by atoms with Gasteiger partial charge in [0.2, 0.25) is 0 Å². The Balaban J connectivity index is 0.00000256. The quantitative estimate of drug-likeness (QED) is 0.0895. The molecule has 0 nitrogen and oxygen atoms in total. The summed E-state index contributed by atoms with van der Waals surface area (Å²) in [5.41, 5.74) is 7.02. The van der Waals surface area contributed by atoms with Gasteiger partial charge in [-0.15, -0.1) is 68.3 Å². The first kappa shape index (κ1) is 48.9. The number of hydrogen-bond acceptors (Lipinski definition) is 0. The third kappa shape index (κ3) is 10.3. The summed E-state index contributed by atoms with van der Waals surface area (Å²) in [6, 6.07) is 52.1. The number of benzene rings is 5. The molecule has 7 aromatic rings. The standard InChI is InChI=1S/C51H64Si5.2CH3.Hf/c1-52(2,3)42-29-40(30-43(33-42)53(4,5)6)48-23-17-21-38-27-46(35-50(38)48)56(13,26-25-37-19-15-14-16-20-37)47-28-39-22-18-24-49(51(39)36-47)41-31-44(54(7,8)9)34-45(32-41)55(10,11)12;;;/h14-24,27-36H,25-26H2,1-13H3;2*1H3;/q-2;2*-1;+4. The molecule has 0 saturated heterocycles. The van der Waals surface area contributed by atoms with Crippen molar-refractivity contribution in [3.05, 3.63) is 148 Å². The van der Waals surface area contributed by atoms with Gasteiger partial charge in [0, 0.05) is 0 Å². The van der Waals surface area contributed by atoms with Gasteiger partial charge in [-0.1, -0.05) is 196 Å². The zero-order chi connectivity index (χ0) is 40.4. The zero-order valence-corrected chi connectivity index (χ0v) is 47.6. The maximum absolute atomic E-state index is 2.65. The van der Waals surface area contributed by atoms with Crippen molar-refractivity contribution in [1.82, 2.24) is 0 Å². The molecule has 0 atom stereocenters. The molecule has 0 heterocycles. The fourth-order valence-electron chi connectivity index (χ4n) is 8.40. The van der Waals surface area contributed by atoms with Crippen LogP contribution in [0.15, 0.2) is 127 Å². The molecule has 0 N–H and O–H groups in total. The molecule has 6 heteroatoms. The topological polar surface area (TPSA) is 0 Å². The van der Waals surface area contributed by atoms with Gasteiger partial charge in [-0.25, -0.2) is 0 Å². The Labute approximate surface area is 383 Å². The molecule has 0 fully saturated rings. The molecular formula is C53H70HfSi5. The SMILES string of the molecule is C[Si](C)(C)c1cc(-c2cccc3[cH-]c([Si](C)(CCc4ccccc4)c4cc5c(-c6cc([Si](C)(C)C)cc([Si](C)(C)C)c6)cccc5[cH-]4)cc23)cc([Si](C)(C)C)c1.[CH3-].[CH3-].[Hf+4]. The van der Waals surface area contributed by atoms with Crippen molar-refractivity contribution < 1.29 is 25.8 Å². The summed E-state index contributed by atoms with van der Waals surface area (Å²) in [6.45, 7) is 32.6. The van der Waals surface area contributed by atoms with Gasteiger partial charge in [-0.3, -0.25) is 0 Å². The summed E-state index contributed by atoms with van der Waals surface area (Å²) in [5, 5.41) is 15.0. The smallest absolute Gasteiger partial charge is 0.358 e. The van der Waals surface area contributed by atoms with Crippen molar-refractivity contribution in [2.24, 2.45) is 0 Å². The summed E-state index contributed by atoms with van der Waals surface area (Å²) in [4.78, 5) is 0. The van der Waals surface area contributed by atoms with Crippen LogP contribution in [0.25, 0.3) is 43.8 Å². The maximum atomic E-state index is 2.65. The van der Waals surface area contributed by atoms with Crippen LogP contribution in [-0.2, 0) is 32.3 Å². The van der Waals surface area contributed by atoms with Gasteiger partial charge in [-0.05, 0) is 29.2 Å². The van der Waals surface area contributed by atoms with Crippen LogP contribution in [0.5, 0.6) is 0 Å². The molecule has 0 aliphatic heterocycles. The Morgan fingerprint density at radius 2 is 0.763 bits per heavy atom. The Hall–Kier alpha value is -2.73. The van der Waals surface area contributed by atoms with Crippen LogP contribution in [0.3, 0.4) is 0 Å². The van der Waals surface area contributed by atoms with Crippen molar-refractivity contribution in [3.8, 4) is 22.3 Å². The van der Waals surface area contributed by atoms with E-state index in [0.29, 0.717) is 0 Å². The van der Waals surface area contributed by atoms with Gasteiger partial charge >= 0.3 is 25.8 Å². The third-order valence-electron chi connectivity index (χ3n) is 12.5. The first-order valence-electron chi connectivity index (χ1n) is 20.9. The van der Waals surface area contributed by atoms with E-state index >= 15 is 0 Å². The van der Waals surface area contributed by atoms with E-state index in [1.807, 2.05) is 0 Å². The van der Waals surface area contributed by atoms with Crippen LogP contribution in [0, 0.1) is 14.9 Å². The minimum Gasteiger partial charge on any atom is -0.358 e. The second-order valence-corrected chi connectivity index (χ2v) is 45.6. The molecule has 0 bridgehead atoms. The molecule has 0 saturated carbocycles. The fraction of sp³-hybridized carbons (Fsp3) is 0.283. The predicted octanol–water partition coefficient (Wildman–Crippen LogP) is 12.3. The summed E-state index contributed by atoms with van der Waals surface area (Å²) in [7, 11) is -8.34. The minimum absolute atomic E-state index is 0. The summed E-state index contributed by atoms with van der Waals surface area (Å²) in [6.07, 6.45) is 1.09. The van der Waals surface area contributed by atoms with Gasteiger partial charge in [0.15, 0.2) is 0 Å². The average Bonchev–Trinajstić information content (AvgIpc) is 3.78. The van der Waals surface area contributed by atoms with Crippen molar-refractivity contribution in [1.29, 1.82) is 0 Å². The monoisotopic (exact) mass is 1030 g/mol. The minimum atomic E-state index is -2.23. The van der Waals surface area contributed by atoms with Crippen LogP contribution in [0.1, 0.15) is 5.56 Å². The van der Waals surface area contributed by atoms with E-state index in [2.05, 4.69) is 213 Å². The Morgan fingerprint density at radius 3 is 1.10 bits per heavy atom. The Bertz CT molecular complexity index is 2310. The van der Waals surface area contributed by atoms with Crippen LogP contribution < -0.4 is 31.1 Å². The first-order chi connectivity index (χ1) is 26.1. The number of rotatable bonds is 11. The molecular weight excluding hydrogens is 956 g/mol. The molecule has 0 aromatic heterocycles. The second-order valence-electron chi connectivity index (χ2n) is 21.0. The van der Waals surface area contributed by atoms with Gasteiger partial charge in [0.05, 0.1) is 40.4 Å². The van der Waals surface area contributed by atoms with Gasteiger partial charge in [0.1, 0.15) is 0 Å². The van der Waals surface area contributed by atoms with Crippen LogP contribution in [-0.4, -0.2) is 40.4 Å². The van der Waals surface area contributed by atoms with Crippen molar-refractivity contribution >= 4 is 93.0 Å². The zero-order valence-electron chi connectivity index (χ0n) is 39.0. The van der Waals surface area contributed by atoms with Crippen LogP contribution in [0.2, 0.25) is 91.2 Å². The second kappa shape index (κ2) is 17.9. The molecule has 0 amide bonds.